The van der Waals surface area contributed by atoms with Crippen LogP contribution >= 0.6 is 28.1 Å². The van der Waals surface area contributed by atoms with Crippen LogP contribution in [0.25, 0.3) is 11.3 Å². The van der Waals surface area contributed by atoms with Gasteiger partial charge in [0.15, 0.2) is 5.11 Å². The van der Waals surface area contributed by atoms with Gasteiger partial charge in [0, 0.05) is 22.8 Å². The van der Waals surface area contributed by atoms with E-state index in [-0.39, 0.29) is 17.9 Å². The topological polar surface area (TPSA) is 50.5 Å². The van der Waals surface area contributed by atoms with Gasteiger partial charge in [0.2, 0.25) is 0 Å². The van der Waals surface area contributed by atoms with E-state index >= 15 is 0 Å². The molecule has 2 aromatic heterocycles. The van der Waals surface area contributed by atoms with Crippen molar-refractivity contribution in [2.45, 2.75) is 18.6 Å². The molecule has 1 aliphatic rings. The van der Waals surface area contributed by atoms with E-state index < -0.39 is 0 Å². The summed E-state index contributed by atoms with van der Waals surface area (Å²) in [5.41, 5.74) is 2.73. The van der Waals surface area contributed by atoms with Gasteiger partial charge in [-0.15, -0.1) is 0 Å². The Labute approximate surface area is 210 Å². The molecule has 0 unspecified atom stereocenters. The third-order valence-corrected chi connectivity index (χ3v) is 6.83. The molecule has 2 aromatic carbocycles. The third kappa shape index (κ3) is 4.43. The van der Waals surface area contributed by atoms with Crippen LogP contribution in [0.5, 0.6) is 5.75 Å². The first kappa shape index (κ1) is 22.6. The van der Waals surface area contributed by atoms with E-state index in [1.165, 1.54) is 12.1 Å². The van der Waals surface area contributed by atoms with Crippen LogP contribution in [0.2, 0.25) is 0 Å². The molecule has 1 saturated heterocycles. The second kappa shape index (κ2) is 9.56. The number of benzene rings is 2. The zero-order chi connectivity index (χ0) is 23.7. The molecule has 1 aliphatic heterocycles. The van der Waals surface area contributed by atoms with Crippen LogP contribution in [-0.4, -0.2) is 22.1 Å². The maximum atomic E-state index is 13.6. The summed E-state index contributed by atoms with van der Waals surface area (Å²) in [5, 5.41) is 4.05. The van der Waals surface area contributed by atoms with Crippen LogP contribution in [0.15, 0.2) is 87.9 Å². The number of nitrogens with zero attached hydrogens (tertiary/aromatic N) is 2. The molecule has 0 radical (unpaired) electrons. The number of ether oxygens (including phenoxy) is 1. The number of furan rings is 1. The van der Waals surface area contributed by atoms with Gasteiger partial charge in [-0.25, -0.2) is 4.39 Å². The molecule has 0 saturated carbocycles. The molecule has 2 atom stereocenters. The SMILES string of the molecule is COc1ccc(CN2C(=S)N[C@@H](c3ccccn3)[C@H]2c2ccc(-c3ccc(F)cc3Br)o2)cc1. The first-order chi connectivity index (χ1) is 16.5. The summed E-state index contributed by atoms with van der Waals surface area (Å²) in [6.45, 7) is 0.583. The number of thiocarbonyl (C=S) groups is 1. The molecule has 8 heteroatoms. The molecule has 172 valence electrons. The van der Waals surface area contributed by atoms with Gasteiger partial charge in [0.25, 0.3) is 0 Å². The zero-order valence-electron chi connectivity index (χ0n) is 18.2. The van der Waals surface area contributed by atoms with Crippen LogP contribution in [-0.2, 0) is 6.54 Å². The smallest absolute Gasteiger partial charge is 0.170 e. The van der Waals surface area contributed by atoms with Crippen molar-refractivity contribution in [1.82, 2.24) is 15.2 Å². The first-order valence-corrected chi connectivity index (χ1v) is 11.9. The minimum atomic E-state index is -0.311. The molecule has 5 nitrogen and oxygen atoms in total. The quantitative estimate of drug-likeness (QED) is 0.286. The van der Waals surface area contributed by atoms with Crippen molar-refractivity contribution >= 4 is 33.3 Å². The van der Waals surface area contributed by atoms with Gasteiger partial charge in [-0.05, 0) is 88.3 Å². The lowest BCUT2D eigenvalue weighted by Crippen LogP contribution is -2.29. The number of methoxy groups -OCH3 is 1. The predicted octanol–water partition coefficient (Wildman–Crippen LogP) is 6.42. The van der Waals surface area contributed by atoms with Crippen molar-refractivity contribution < 1.29 is 13.5 Å². The number of rotatable bonds is 6. The Kier molecular flexibility index (Phi) is 6.34. The van der Waals surface area contributed by atoms with Crippen molar-refractivity contribution in [2.24, 2.45) is 0 Å². The normalized spacial score (nSPS) is 17.6. The minimum Gasteiger partial charge on any atom is -0.497 e. The van der Waals surface area contributed by atoms with Crippen LogP contribution in [0.3, 0.4) is 0 Å². The fraction of sp³-hybridized carbons (Fsp3) is 0.154. The van der Waals surface area contributed by atoms with Gasteiger partial charge in [-0.2, -0.15) is 0 Å². The van der Waals surface area contributed by atoms with E-state index in [0.717, 1.165) is 28.3 Å². The molecule has 5 rings (SSSR count). The highest BCUT2D eigenvalue weighted by Crippen LogP contribution is 2.42. The van der Waals surface area contributed by atoms with Gasteiger partial charge in [-0.3, -0.25) is 4.98 Å². The lowest BCUT2D eigenvalue weighted by atomic mass is 10.0. The van der Waals surface area contributed by atoms with Crippen molar-refractivity contribution in [2.75, 3.05) is 7.11 Å². The first-order valence-electron chi connectivity index (χ1n) is 10.7. The Hall–Kier alpha value is -3.23. The van der Waals surface area contributed by atoms with E-state index in [2.05, 4.69) is 31.1 Å². The summed E-state index contributed by atoms with van der Waals surface area (Å²) < 4.78 is 25.8. The van der Waals surface area contributed by atoms with Gasteiger partial charge < -0.3 is 19.4 Å². The Morgan fingerprint density at radius 1 is 1.12 bits per heavy atom. The summed E-state index contributed by atoms with van der Waals surface area (Å²) in [5.74, 6) is 1.87. The van der Waals surface area contributed by atoms with Gasteiger partial charge in [-0.1, -0.05) is 18.2 Å². The predicted molar refractivity (Wildman–Crippen MR) is 136 cm³/mol. The average molecular weight is 538 g/mol. The molecular weight excluding hydrogens is 517 g/mol. The largest absolute Gasteiger partial charge is 0.497 e. The summed E-state index contributed by atoms with van der Waals surface area (Å²) in [4.78, 5) is 6.68. The third-order valence-electron chi connectivity index (χ3n) is 5.82. The lowest BCUT2D eigenvalue weighted by Gasteiger charge is -2.26. The molecule has 4 aromatic rings. The van der Waals surface area contributed by atoms with Gasteiger partial charge >= 0.3 is 0 Å². The van der Waals surface area contributed by atoms with E-state index in [0.29, 0.717) is 21.9 Å². The molecule has 0 spiro atoms. The highest BCUT2D eigenvalue weighted by Gasteiger charge is 2.41. The second-order valence-corrected chi connectivity index (χ2v) is 9.17. The van der Waals surface area contributed by atoms with Crippen LogP contribution < -0.4 is 10.1 Å². The molecule has 1 N–H and O–H groups in total. The minimum absolute atomic E-state index is 0.192. The molecule has 34 heavy (non-hydrogen) atoms. The summed E-state index contributed by atoms with van der Waals surface area (Å²) in [6.07, 6.45) is 1.77. The highest BCUT2D eigenvalue weighted by atomic mass is 79.9. The van der Waals surface area contributed by atoms with E-state index in [1.54, 1.807) is 19.4 Å². The number of halogens is 2. The van der Waals surface area contributed by atoms with E-state index in [1.807, 2.05) is 54.6 Å². The number of hydrogen-bond acceptors (Lipinski definition) is 4. The maximum Gasteiger partial charge on any atom is 0.170 e. The van der Waals surface area contributed by atoms with Gasteiger partial charge in [0.1, 0.15) is 29.1 Å². The summed E-state index contributed by atoms with van der Waals surface area (Å²) >= 11 is 9.19. The van der Waals surface area contributed by atoms with Crippen molar-refractivity contribution in [3.05, 3.63) is 106 Å². The van der Waals surface area contributed by atoms with Crippen LogP contribution in [0.1, 0.15) is 29.1 Å². The molecular formula is C26H21BrFN3O2S. The van der Waals surface area contributed by atoms with Crippen molar-refractivity contribution in [1.29, 1.82) is 0 Å². The molecule has 1 fully saturated rings. The molecule has 3 heterocycles. The fourth-order valence-electron chi connectivity index (χ4n) is 4.16. The fourth-order valence-corrected chi connectivity index (χ4v) is 5.01. The number of aromatic nitrogens is 1. The maximum absolute atomic E-state index is 13.6. The standard InChI is InChI=1S/C26H21BrFN3O2S/c1-32-18-8-5-16(6-9-18)15-31-25(24(30-26(31)34)21-4-2-3-13-29-21)23-12-11-22(33-23)19-10-7-17(28)14-20(19)27/h2-14,24-25H,15H2,1H3,(H,30,34)/t24-,25+/m0/s1. The average Bonchev–Trinajstić information content (AvgIpc) is 3.45. The van der Waals surface area contributed by atoms with E-state index in [9.17, 15) is 4.39 Å². The number of hydrogen-bond donors (Lipinski definition) is 1. The highest BCUT2D eigenvalue weighted by molar-refractivity contribution is 9.10. The lowest BCUT2D eigenvalue weighted by molar-refractivity contribution is 0.269. The summed E-state index contributed by atoms with van der Waals surface area (Å²) in [6, 6.07) is 21.7. The monoisotopic (exact) mass is 537 g/mol. The Bertz CT molecular complexity index is 1310. The summed E-state index contributed by atoms with van der Waals surface area (Å²) in [7, 11) is 1.65. The van der Waals surface area contributed by atoms with Crippen molar-refractivity contribution in [3.63, 3.8) is 0 Å². The molecule has 0 amide bonds. The second-order valence-electron chi connectivity index (χ2n) is 7.93. The van der Waals surface area contributed by atoms with Crippen LogP contribution in [0, 0.1) is 5.82 Å². The Morgan fingerprint density at radius 3 is 2.65 bits per heavy atom. The molecule has 0 aliphatic carbocycles. The molecule has 0 bridgehead atoms. The van der Waals surface area contributed by atoms with Crippen molar-refractivity contribution in [3.8, 4) is 17.1 Å². The number of pyridine rings is 1. The Balaban J connectivity index is 1.52. The number of nitrogens with one attached hydrogen (secondary N) is 1. The van der Waals surface area contributed by atoms with Gasteiger partial charge in [0.05, 0.1) is 18.8 Å². The van der Waals surface area contributed by atoms with Crippen LogP contribution in [0.4, 0.5) is 4.39 Å². The Morgan fingerprint density at radius 2 is 1.94 bits per heavy atom. The zero-order valence-corrected chi connectivity index (χ0v) is 20.6. The van der Waals surface area contributed by atoms with E-state index in [4.69, 9.17) is 21.4 Å².